The van der Waals surface area contributed by atoms with E-state index in [-0.39, 0.29) is 17.5 Å². The third-order valence-corrected chi connectivity index (χ3v) is 5.02. The molecule has 0 aliphatic carbocycles. The highest BCUT2D eigenvalue weighted by Gasteiger charge is 2.06. The lowest BCUT2D eigenvalue weighted by molar-refractivity contribution is -0.119. The molecule has 1 amide bonds. The van der Waals surface area contributed by atoms with Crippen LogP contribution in [-0.2, 0) is 17.1 Å². The fourth-order valence-corrected chi connectivity index (χ4v) is 3.28. The molecule has 4 nitrogen and oxygen atoms in total. The summed E-state index contributed by atoms with van der Waals surface area (Å²) in [6.45, 7) is 0.511. The second-order valence-electron chi connectivity index (χ2n) is 5.21. The van der Waals surface area contributed by atoms with Crippen LogP contribution in [-0.4, -0.2) is 16.8 Å². The number of rotatable bonds is 6. The molecule has 2 aromatic rings. The molecule has 0 bridgehead atoms. The topological polar surface area (TPSA) is 53.2 Å². The Morgan fingerprint density at radius 3 is 2.54 bits per heavy atom. The largest absolute Gasteiger partial charge is 0.357 e. The third kappa shape index (κ3) is 7.37. The number of carbonyl (C=O) groups excluding carboxylic acids is 1. The zero-order chi connectivity index (χ0) is 18.9. The number of hydrogen-bond donors (Lipinski definition) is 3. The van der Waals surface area contributed by atoms with E-state index in [1.165, 1.54) is 23.9 Å². The van der Waals surface area contributed by atoms with Crippen molar-refractivity contribution in [1.82, 2.24) is 16.2 Å². The number of hydrogen-bond acceptors (Lipinski definition) is 3. The zero-order valence-corrected chi connectivity index (χ0v) is 16.7. The van der Waals surface area contributed by atoms with Gasteiger partial charge in [0.15, 0.2) is 5.11 Å². The Bertz CT molecular complexity index is 775. The van der Waals surface area contributed by atoms with Crippen molar-refractivity contribution >= 4 is 58.2 Å². The highest BCUT2D eigenvalue weighted by atomic mass is 35.5. The van der Waals surface area contributed by atoms with Crippen LogP contribution in [0.2, 0.25) is 10.0 Å². The number of carbonyl (C=O) groups is 1. The lowest BCUT2D eigenvalue weighted by atomic mass is 10.2. The van der Waals surface area contributed by atoms with Gasteiger partial charge < -0.3 is 5.32 Å². The molecule has 0 aromatic heterocycles. The molecular formula is C17H16Cl2FN3OS2. The minimum atomic E-state index is -0.384. The molecule has 0 saturated heterocycles. The second-order valence-corrected chi connectivity index (χ2v) is 7.45. The molecule has 138 valence electrons. The Hall–Kier alpha value is -1.54. The average Bonchev–Trinajstić information content (AvgIpc) is 2.61. The van der Waals surface area contributed by atoms with Crippen molar-refractivity contribution in [2.75, 3.05) is 5.75 Å². The van der Waals surface area contributed by atoms with E-state index in [4.69, 9.17) is 35.4 Å². The van der Waals surface area contributed by atoms with Crippen molar-refractivity contribution in [2.24, 2.45) is 0 Å². The van der Waals surface area contributed by atoms with Gasteiger partial charge in [-0.15, -0.1) is 11.8 Å². The maximum Gasteiger partial charge on any atom is 0.248 e. The zero-order valence-electron chi connectivity index (χ0n) is 13.5. The fraction of sp³-hybridized carbons (Fsp3) is 0.176. The average molecular weight is 432 g/mol. The lowest BCUT2D eigenvalue weighted by Gasteiger charge is -2.11. The summed E-state index contributed by atoms with van der Waals surface area (Å²) >= 11 is 18.2. The smallest absolute Gasteiger partial charge is 0.248 e. The molecule has 9 heteroatoms. The van der Waals surface area contributed by atoms with E-state index in [1.807, 2.05) is 12.1 Å². The van der Waals surface area contributed by atoms with Crippen LogP contribution >= 0.6 is 47.2 Å². The van der Waals surface area contributed by atoms with Gasteiger partial charge in [-0.05, 0) is 47.6 Å². The molecule has 2 rings (SSSR count). The molecule has 26 heavy (non-hydrogen) atoms. The third-order valence-electron chi connectivity index (χ3n) is 3.19. The summed E-state index contributed by atoms with van der Waals surface area (Å²) in [7, 11) is 0. The van der Waals surface area contributed by atoms with Crippen LogP contribution in [0.4, 0.5) is 4.39 Å². The number of halogens is 3. The molecule has 0 heterocycles. The molecule has 3 N–H and O–H groups in total. The first-order chi connectivity index (χ1) is 12.4. The van der Waals surface area contributed by atoms with E-state index in [1.54, 1.807) is 18.2 Å². The molecule has 0 atom stereocenters. The van der Waals surface area contributed by atoms with Crippen molar-refractivity contribution in [3.05, 3.63) is 69.5 Å². The minimum Gasteiger partial charge on any atom is -0.357 e. The first kappa shape index (κ1) is 20.8. The molecule has 2 aromatic carbocycles. The van der Waals surface area contributed by atoms with Gasteiger partial charge in [0, 0.05) is 22.3 Å². The highest BCUT2D eigenvalue weighted by molar-refractivity contribution is 7.99. The maximum absolute atomic E-state index is 13.0. The van der Waals surface area contributed by atoms with E-state index in [0.717, 1.165) is 11.1 Å². The molecule has 0 fully saturated rings. The van der Waals surface area contributed by atoms with Crippen LogP contribution < -0.4 is 16.2 Å². The van der Waals surface area contributed by atoms with E-state index in [9.17, 15) is 9.18 Å². The predicted molar refractivity (Wildman–Crippen MR) is 110 cm³/mol. The normalized spacial score (nSPS) is 10.3. The quantitative estimate of drug-likeness (QED) is 0.475. The van der Waals surface area contributed by atoms with Gasteiger partial charge in [-0.3, -0.25) is 15.6 Å². The molecule has 0 unspecified atom stereocenters. The molecule has 0 saturated carbocycles. The second kappa shape index (κ2) is 10.6. The summed E-state index contributed by atoms with van der Waals surface area (Å²) in [6.07, 6.45) is 0. The number of hydrazine groups is 1. The van der Waals surface area contributed by atoms with Gasteiger partial charge in [-0.2, -0.15) is 0 Å². The number of amides is 1. The Morgan fingerprint density at radius 2 is 1.85 bits per heavy atom. The van der Waals surface area contributed by atoms with Crippen molar-refractivity contribution in [1.29, 1.82) is 0 Å². The number of nitrogens with one attached hydrogen (secondary N) is 3. The van der Waals surface area contributed by atoms with E-state index in [2.05, 4.69) is 16.2 Å². The highest BCUT2D eigenvalue weighted by Crippen LogP contribution is 2.21. The van der Waals surface area contributed by atoms with E-state index < -0.39 is 0 Å². The van der Waals surface area contributed by atoms with E-state index >= 15 is 0 Å². The van der Waals surface area contributed by atoms with Crippen molar-refractivity contribution in [3.8, 4) is 0 Å². The fourth-order valence-electron chi connectivity index (χ4n) is 1.88. The lowest BCUT2D eigenvalue weighted by Crippen LogP contribution is -2.47. The minimum absolute atomic E-state index is 0.209. The van der Waals surface area contributed by atoms with Gasteiger partial charge >= 0.3 is 0 Å². The van der Waals surface area contributed by atoms with Crippen LogP contribution in [0, 0.1) is 5.82 Å². The van der Waals surface area contributed by atoms with Crippen LogP contribution in [0.5, 0.6) is 0 Å². The summed E-state index contributed by atoms with van der Waals surface area (Å²) in [5.41, 5.74) is 6.94. The monoisotopic (exact) mass is 431 g/mol. The summed E-state index contributed by atoms with van der Waals surface area (Å²) in [6, 6.07) is 11.6. The molecule has 0 radical (unpaired) electrons. The van der Waals surface area contributed by atoms with Gasteiger partial charge in [-0.25, -0.2) is 4.39 Å². The molecular weight excluding hydrogens is 416 g/mol. The van der Waals surface area contributed by atoms with Gasteiger partial charge in [0.2, 0.25) is 5.91 Å². The Kier molecular flexibility index (Phi) is 8.44. The Morgan fingerprint density at radius 1 is 1.12 bits per heavy atom. The van der Waals surface area contributed by atoms with Crippen LogP contribution in [0.15, 0.2) is 42.5 Å². The standard InChI is InChI=1S/C17H16Cl2FN3OS2/c18-13-4-1-11(2-5-13)8-21-17(25)23-22-16(24)10-26-9-12-3-6-14(20)7-15(12)19/h1-7H,8-10H2,(H,22,24)(H2,21,23,25). The van der Waals surface area contributed by atoms with Crippen molar-refractivity contribution in [2.45, 2.75) is 12.3 Å². The maximum atomic E-state index is 13.0. The van der Waals surface area contributed by atoms with Gasteiger partial charge in [0.05, 0.1) is 5.75 Å². The Balaban J connectivity index is 1.63. The SMILES string of the molecule is O=C(CSCc1ccc(F)cc1Cl)NNC(=S)NCc1ccc(Cl)cc1. The number of thioether (sulfide) groups is 1. The molecule has 0 spiro atoms. The Labute approximate surface area is 170 Å². The van der Waals surface area contributed by atoms with Crippen LogP contribution in [0.3, 0.4) is 0 Å². The summed E-state index contributed by atoms with van der Waals surface area (Å²) < 4.78 is 13.0. The van der Waals surface area contributed by atoms with Crippen molar-refractivity contribution < 1.29 is 9.18 Å². The van der Waals surface area contributed by atoms with Gasteiger partial charge in [-0.1, -0.05) is 41.4 Å². The molecule has 0 aliphatic rings. The van der Waals surface area contributed by atoms with Crippen molar-refractivity contribution in [3.63, 3.8) is 0 Å². The molecule has 0 aliphatic heterocycles. The van der Waals surface area contributed by atoms with Crippen LogP contribution in [0.1, 0.15) is 11.1 Å². The number of thiocarbonyl (C=S) groups is 1. The summed E-state index contributed by atoms with van der Waals surface area (Å²) in [4.78, 5) is 11.8. The van der Waals surface area contributed by atoms with E-state index in [0.29, 0.717) is 27.5 Å². The number of benzene rings is 2. The van der Waals surface area contributed by atoms with Gasteiger partial charge in [0.25, 0.3) is 0 Å². The van der Waals surface area contributed by atoms with Gasteiger partial charge in [0.1, 0.15) is 5.82 Å². The summed E-state index contributed by atoms with van der Waals surface area (Å²) in [5.74, 6) is 0.0981. The first-order valence-corrected chi connectivity index (χ1v) is 9.85. The first-order valence-electron chi connectivity index (χ1n) is 7.53. The summed E-state index contributed by atoms with van der Waals surface area (Å²) in [5, 5.41) is 4.29. The van der Waals surface area contributed by atoms with Crippen LogP contribution in [0.25, 0.3) is 0 Å². The predicted octanol–water partition coefficient (Wildman–Crippen LogP) is 4.06.